The number of carboxylic acid groups (broad SMARTS) is 1. The predicted octanol–water partition coefficient (Wildman–Crippen LogP) is 5.03. The number of halogens is 3. The second-order valence-corrected chi connectivity index (χ2v) is 7.30. The van der Waals surface area contributed by atoms with Crippen LogP contribution in [0.2, 0.25) is 0 Å². The van der Waals surface area contributed by atoms with Crippen LogP contribution in [0, 0.1) is 6.92 Å². The third kappa shape index (κ3) is 5.68. The molecular weight excluding hydrogens is 437 g/mol. The molecule has 1 heterocycles. The van der Waals surface area contributed by atoms with E-state index < -0.39 is 29.7 Å². The summed E-state index contributed by atoms with van der Waals surface area (Å²) in [7, 11) is 1.24. The zero-order valence-corrected chi connectivity index (χ0v) is 17.8. The number of hydrogen-bond donors (Lipinski definition) is 2. The van der Waals surface area contributed by atoms with Crippen LogP contribution in [0.1, 0.15) is 39.6 Å². The molecule has 0 spiro atoms. The van der Waals surface area contributed by atoms with Crippen molar-refractivity contribution in [3.63, 3.8) is 0 Å². The number of benzene rings is 2. The van der Waals surface area contributed by atoms with Gasteiger partial charge in [-0.05, 0) is 48.4 Å². The minimum Gasteiger partial charge on any atom is -0.496 e. The topological polar surface area (TPSA) is 88.5 Å². The van der Waals surface area contributed by atoms with Crippen LogP contribution in [0.5, 0.6) is 5.75 Å². The van der Waals surface area contributed by atoms with Gasteiger partial charge in [0.05, 0.1) is 30.8 Å². The first-order valence-electron chi connectivity index (χ1n) is 9.91. The van der Waals surface area contributed by atoms with Crippen LogP contribution in [0.25, 0.3) is 11.3 Å². The number of aryl methyl sites for hydroxylation is 1. The van der Waals surface area contributed by atoms with E-state index in [0.29, 0.717) is 5.56 Å². The first-order valence-corrected chi connectivity index (χ1v) is 9.91. The lowest BCUT2D eigenvalue weighted by atomic mass is 9.98. The molecule has 33 heavy (non-hydrogen) atoms. The molecule has 0 saturated carbocycles. The number of nitrogens with one attached hydrogen (secondary N) is 1. The van der Waals surface area contributed by atoms with Crippen molar-refractivity contribution in [1.29, 1.82) is 0 Å². The highest BCUT2D eigenvalue weighted by Crippen LogP contribution is 2.36. The fourth-order valence-corrected chi connectivity index (χ4v) is 3.41. The third-order valence-electron chi connectivity index (χ3n) is 5.03. The molecule has 3 aromatic rings. The summed E-state index contributed by atoms with van der Waals surface area (Å²) in [6.45, 7) is 1.81. The standard InChI is InChI=1S/C24H21F3N2O4/c1-14-6-3-4-7-16(14)20(13-22(30)31)29-23(32)19-9-5-8-18(28-19)17-11-10-15(24(25,26)27)12-21(17)33-2/h3-12,20H,13H2,1-2H3,(H,29,32)(H,30,31)/t20-/m0/s1. The summed E-state index contributed by atoms with van der Waals surface area (Å²) in [5, 5.41) is 12.0. The second kappa shape index (κ2) is 9.72. The SMILES string of the molecule is COc1cc(C(F)(F)F)ccc1-c1cccc(C(=O)N[C@@H](CC(=O)O)c2ccccc2C)n1. The molecule has 6 nitrogen and oxygen atoms in total. The van der Waals surface area contributed by atoms with Crippen molar-refractivity contribution in [3.8, 4) is 17.0 Å². The van der Waals surface area contributed by atoms with Crippen molar-refractivity contribution in [2.75, 3.05) is 7.11 Å². The van der Waals surface area contributed by atoms with Crippen molar-refractivity contribution >= 4 is 11.9 Å². The zero-order valence-electron chi connectivity index (χ0n) is 17.8. The molecular formula is C24H21F3N2O4. The van der Waals surface area contributed by atoms with E-state index in [-0.39, 0.29) is 29.1 Å². The maximum Gasteiger partial charge on any atom is 0.416 e. The van der Waals surface area contributed by atoms with Crippen molar-refractivity contribution in [2.45, 2.75) is 25.6 Å². The lowest BCUT2D eigenvalue weighted by molar-refractivity contribution is -0.138. The van der Waals surface area contributed by atoms with E-state index in [4.69, 9.17) is 4.74 Å². The molecule has 2 aromatic carbocycles. The van der Waals surface area contributed by atoms with Gasteiger partial charge in [-0.1, -0.05) is 30.3 Å². The van der Waals surface area contributed by atoms with Gasteiger partial charge in [-0.3, -0.25) is 9.59 Å². The number of methoxy groups -OCH3 is 1. The Bertz CT molecular complexity index is 1180. The summed E-state index contributed by atoms with van der Waals surface area (Å²) in [5.41, 5.74) is 1.11. The molecule has 0 saturated heterocycles. The number of amides is 1. The number of nitrogens with zero attached hydrogens (tertiary/aromatic N) is 1. The van der Waals surface area contributed by atoms with E-state index in [0.717, 1.165) is 17.7 Å². The van der Waals surface area contributed by atoms with Crippen LogP contribution in [0.4, 0.5) is 13.2 Å². The molecule has 9 heteroatoms. The molecule has 0 fully saturated rings. The highest BCUT2D eigenvalue weighted by Gasteiger charge is 2.31. The summed E-state index contributed by atoms with van der Waals surface area (Å²) in [5.74, 6) is -1.74. The van der Waals surface area contributed by atoms with E-state index in [2.05, 4.69) is 10.3 Å². The van der Waals surface area contributed by atoms with E-state index >= 15 is 0 Å². The summed E-state index contributed by atoms with van der Waals surface area (Å²) < 4.78 is 44.2. The molecule has 0 unspecified atom stereocenters. The second-order valence-electron chi connectivity index (χ2n) is 7.30. The first kappa shape index (κ1) is 23.8. The van der Waals surface area contributed by atoms with Crippen molar-refractivity contribution in [3.05, 3.63) is 83.0 Å². The van der Waals surface area contributed by atoms with E-state index in [1.54, 1.807) is 18.2 Å². The summed E-state index contributed by atoms with van der Waals surface area (Å²) in [4.78, 5) is 28.5. The lowest BCUT2D eigenvalue weighted by Crippen LogP contribution is -2.31. The van der Waals surface area contributed by atoms with Gasteiger partial charge in [-0.2, -0.15) is 13.2 Å². The first-order chi connectivity index (χ1) is 15.6. The van der Waals surface area contributed by atoms with Gasteiger partial charge in [0.2, 0.25) is 0 Å². The van der Waals surface area contributed by atoms with Gasteiger partial charge in [-0.15, -0.1) is 0 Å². The maximum absolute atomic E-state index is 13.0. The van der Waals surface area contributed by atoms with Crippen LogP contribution in [-0.4, -0.2) is 29.1 Å². The summed E-state index contributed by atoms with van der Waals surface area (Å²) in [6.07, 6.45) is -4.86. The molecule has 0 aliphatic rings. The molecule has 3 rings (SSSR count). The molecule has 1 atom stereocenters. The minimum atomic E-state index is -4.53. The Morgan fingerprint density at radius 2 is 1.82 bits per heavy atom. The number of aliphatic carboxylic acids is 1. The summed E-state index contributed by atoms with van der Waals surface area (Å²) >= 11 is 0. The lowest BCUT2D eigenvalue weighted by Gasteiger charge is -2.19. The van der Waals surface area contributed by atoms with Gasteiger partial charge in [0.15, 0.2) is 0 Å². The highest BCUT2D eigenvalue weighted by molar-refractivity contribution is 5.93. The monoisotopic (exact) mass is 458 g/mol. The van der Waals surface area contributed by atoms with Crippen LogP contribution in [-0.2, 0) is 11.0 Å². The molecule has 0 radical (unpaired) electrons. The van der Waals surface area contributed by atoms with Crippen LogP contribution in [0.3, 0.4) is 0 Å². The van der Waals surface area contributed by atoms with Gasteiger partial charge < -0.3 is 15.2 Å². The molecule has 2 N–H and O–H groups in total. The van der Waals surface area contributed by atoms with Gasteiger partial charge in [0.1, 0.15) is 11.4 Å². The number of carboxylic acids is 1. The Hall–Kier alpha value is -3.88. The summed E-state index contributed by atoms with van der Waals surface area (Å²) in [6, 6.07) is 13.8. The molecule has 0 bridgehead atoms. The molecule has 0 aliphatic heterocycles. The van der Waals surface area contributed by atoms with E-state index in [1.807, 2.05) is 13.0 Å². The average Bonchev–Trinajstić information content (AvgIpc) is 2.77. The smallest absolute Gasteiger partial charge is 0.416 e. The molecule has 0 aliphatic carbocycles. The number of aromatic nitrogens is 1. The average molecular weight is 458 g/mol. The number of alkyl halides is 3. The Morgan fingerprint density at radius 3 is 2.45 bits per heavy atom. The number of rotatable bonds is 7. The van der Waals surface area contributed by atoms with Gasteiger partial charge in [0.25, 0.3) is 5.91 Å². The molecule has 1 aromatic heterocycles. The zero-order chi connectivity index (χ0) is 24.2. The number of carbonyl (C=O) groups excluding carboxylic acids is 1. The van der Waals surface area contributed by atoms with Crippen LogP contribution in [0.15, 0.2) is 60.7 Å². The Morgan fingerprint density at radius 1 is 1.09 bits per heavy atom. The predicted molar refractivity (Wildman–Crippen MR) is 115 cm³/mol. The van der Waals surface area contributed by atoms with Crippen molar-refractivity contribution < 1.29 is 32.6 Å². The van der Waals surface area contributed by atoms with E-state index in [1.165, 1.54) is 31.4 Å². The quantitative estimate of drug-likeness (QED) is 0.519. The number of hydrogen-bond acceptors (Lipinski definition) is 4. The Kier molecular flexibility index (Phi) is 7.01. The van der Waals surface area contributed by atoms with Crippen molar-refractivity contribution in [1.82, 2.24) is 10.3 Å². The maximum atomic E-state index is 13.0. The van der Waals surface area contributed by atoms with Gasteiger partial charge >= 0.3 is 12.1 Å². The fraction of sp³-hybridized carbons (Fsp3) is 0.208. The third-order valence-corrected chi connectivity index (χ3v) is 5.03. The number of carbonyl (C=O) groups is 2. The highest BCUT2D eigenvalue weighted by atomic mass is 19.4. The van der Waals surface area contributed by atoms with Gasteiger partial charge in [-0.25, -0.2) is 4.98 Å². The Labute approximate surface area is 188 Å². The molecule has 172 valence electrons. The van der Waals surface area contributed by atoms with E-state index in [9.17, 15) is 27.9 Å². The van der Waals surface area contributed by atoms with Crippen LogP contribution >= 0.6 is 0 Å². The van der Waals surface area contributed by atoms with Crippen molar-refractivity contribution in [2.24, 2.45) is 0 Å². The van der Waals surface area contributed by atoms with Gasteiger partial charge in [0, 0.05) is 5.56 Å². The fourth-order valence-electron chi connectivity index (χ4n) is 3.41. The van der Waals surface area contributed by atoms with Crippen LogP contribution < -0.4 is 10.1 Å². The Balaban J connectivity index is 1.92. The minimum absolute atomic E-state index is 0.0153. The number of ether oxygens (including phenoxy) is 1. The number of pyridine rings is 1. The largest absolute Gasteiger partial charge is 0.496 e. The normalized spacial score (nSPS) is 12.2. The molecule has 1 amide bonds.